The van der Waals surface area contributed by atoms with Crippen LogP contribution in [0.15, 0.2) is 0 Å². The Morgan fingerprint density at radius 3 is 2.00 bits per heavy atom. The lowest BCUT2D eigenvalue weighted by atomic mass is 10.0. The van der Waals surface area contributed by atoms with Crippen LogP contribution in [0.5, 0.6) is 0 Å². The average molecular weight is 209 g/mol. The molecule has 0 amide bonds. The van der Waals surface area contributed by atoms with Gasteiger partial charge in [-0.2, -0.15) is 8.42 Å². The molecule has 0 aromatic heterocycles. The third-order valence-electron chi connectivity index (χ3n) is 1.92. The van der Waals surface area contributed by atoms with Gasteiger partial charge in [-0.25, -0.2) is 0 Å². The largest absolute Gasteiger partial charge is 0.328 e. The number of nitrogens with two attached hydrogens (primary N) is 1. The maximum Gasteiger partial charge on any atom is 0.267 e. The van der Waals surface area contributed by atoms with Gasteiger partial charge in [-0.3, -0.25) is 4.55 Å². The Balaban J connectivity index is 4.00. The minimum absolute atomic E-state index is 0.156. The van der Waals surface area contributed by atoms with Crippen molar-refractivity contribution < 1.29 is 13.0 Å². The van der Waals surface area contributed by atoms with E-state index in [0.717, 1.165) is 6.42 Å². The Morgan fingerprint density at radius 1 is 1.23 bits per heavy atom. The summed E-state index contributed by atoms with van der Waals surface area (Å²) in [6.07, 6.45) is 1.09. The molecular weight excluding hydrogens is 190 g/mol. The van der Waals surface area contributed by atoms with E-state index in [1.54, 1.807) is 0 Å². The Morgan fingerprint density at radius 2 is 1.69 bits per heavy atom. The van der Waals surface area contributed by atoms with Gasteiger partial charge in [-0.05, 0) is 25.7 Å². The van der Waals surface area contributed by atoms with Gasteiger partial charge >= 0.3 is 0 Å². The molecule has 0 bridgehead atoms. The predicted molar refractivity (Wildman–Crippen MR) is 53.1 cm³/mol. The molecule has 3 N–H and O–H groups in total. The SMILES string of the molecule is CC(C)CC(N)CC(C)S(=O)(=O)O. The summed E-state index contributed by atoms with van der Waals surface area (Å²) in [5, 5.41) is -0.763. The van der Waals surface area contributed by atoms with E-state index >= 15 is 0 Å². The zero-order valence-electron chi connectivity index (χ0n) is 8.40. The van der Waals surface area contributed by atoms with Crippen LogP contribution in [-0.2, 0) is 10.1 Å². The van der Waals surface area contributed by atoms with Gasteiger partial charge < -0.3 is 5.73 Å². The van der Waals surface area contributed by atoms with E-state index in [-0.39, 0.29) is 6.04 Å². The van der Waals surface area contributed by atoms with Gasteiger partial charge in [-0.15, -0.1) is 0 Å². The Labute approximate surface area is 80.3 Å². The normalized spacial score (nSPS) is 17.4. The number of hydrogen-bond donors (Lipinski definition) is 2. The van der Waals surface area contributed by atoms with E-state index in [9.17, 15) is 8.42 Å². The van der Waals surface area contributed by atoms with Crippen LogP contribution in [-0.4, -0.2) is 24.3 Å². The lowest BCUT2D eigenvalue weighted by molar-refractivity contribution is 0.434. The van der Waals surface area contributed by atoms with Gasteiger partial charge in [0.1, 0.15) is 0 Å². The van der Waals surface area contributed by atoms with Crippen LogP contribution >= 0.6 is 0 Å². The second-order valence-electron chi connectivity index (χ2n) is 3.95. The molecule has 0 rings (SSSR count). The van der Waals surface area contributed by atoms with Crippen LogP contribution in [0, 0.1) is 5.92 Å². The Kier molecular flexibility index (Phi) is 4.88. The van der Waals surface area contributed by atoms with Gasteiger partial charge in [0.2, 0.25) is 0 Å². The lowest BCUT2D eigenvalue weighted by Crippen LogP contribution is -2.30. The molecule has 0 aliphatic heterocycles. The smallest absolute Gasteiger partial charge is 0.267 e. The second-order valence-corrected chi connectivity index (χ2v) is 5.79. The first kappa shape index (κ1) is 12.9. The van der Waals surface area contributed by atoms with Crippen molar-refractivity contribution in [1.82, 2.24) is 0 Å². The average Bonchev–Trinajstić information content (AvgIpc) is 1.82. The fourth-order valence-corrected chi connectivity index (χ4v) is 1.74. The van der Waals surface area contributed by atoms with Crippen molar-refractivity contribution in [1.29, 1.82) is 0 Å². The van der Waals surface area contributed by atoms with Crippen molar-refractivity contribution in [3.8, 4) is 0 Å². The standard InChI is InChI=1S/C8H19NO3S/c1-6(2)4-8(9)5-7(3)13(10,11)12/h6-8H,4-5,9H2,1-3H3,(H,10,11,12). The molecule has 0 aliphatic rings. The molecule has 0 aliphatic carbocycles. The molecular formula is C8H19NO3S. The van der Waals surface area contributed by atoms with E-state index in [1.807, 2.05) is 13.8 Å². The summed E-state index contributed by atoms with van der Waals surface area (Å²) >= 11 is 0. The maximum absolute atomic E-state index is 10.7. The van der Waals surface area contributed by atoms with Gasteiger partial charge in [0.25, 0.3) is 10.1 Å². The highest BCUT2D eigenvalue weighted by atomic mass is 32.2. The summed E-state index contributed by atoms with van der Waals surface area (Å²) in [5.41, 5.74) is 5.70. The summed E-state index contributed by atoms with van der Waals surface area (Å²) in [5.74, 6) is 0.448. The van der Waals surface area contributed by atoms with Crippen LogP contribution in [0.4, 0.5) is 0 Å². The van der Waals surface area contributed by atoms with Crippen LogP contribution < -0.4 is 5.73 Å². The van der Waals surface area contributed by atoms with Gasteiger partial charge in [0.15, 0.2) is 0 Å². The van der Waals surface area contributed by atoms with Gasteiger partial charge in [0.05, 0.1) is 5.25 Å². The van der Waals surface area contributed by atoms with Crippen molar-refractivity contribution in [3.05, 3.63) is 0 Å². The van der Waals surface area contributed by atoms with Crippen molar-refractivity contribution >= 4 is 10.1 Å². The molecule has 0 aromatic rings. The Bertz CT molecular complexity index is 236. The third kappa shape index (κ3) is 6.01. The molecule has 2 atom stereocenters. The van der Waals surface area contributed by atoms with Gasteiger partial charge in [-0.1, -0.05) is 13.8 Å². The van der Waals surface area contributed by atoms with Crippen LogP contribution in [0.25, 0.3) is 0 Å². The van der Waals surface area contributed by atoms with Crippen LogP contribution in [0.3, 0.4) is 0 Å². The summed E-state index contributed by atoms with van der Waals surface area (Å²) < 4.78 is 30.0. The molecule has 0 spiro atoms. The molecule has 0 saturated carbocycles. The Hall–Kier alpha value is -0.130. The van der Waals surface area contributed by atoms with Crippen LogP contribution in [0.2, 0.25) is 0 Å². The topological polar surface area (TPSA) is 80.4 Å². The van der Waals surface area contributed by atoms with Crippen molar-refractivity contribution in [2.24, 2.45) is 11.7 Å². The molecule has 0 aromatic carbocycles. The molecule has 5 heteroatoms. The van der Waals surface area contributed by atoms with E-state index in [1.165, 1.54) is 6.92 Å². The fraction of sp³-hybridized carbons (Fsp3) is 1.00. The van der Waals surface area contributed by atoms with E-state index in [0.29, 0.717) is 12.3 Å². The summed E-state index contributed by atoms with van der Waals surface area (Å²) in [7, 11) is -3.91. The van der Waals surface area contributed by atoms with Crippen molar-refractivity contribution in [2.75, 3.05) is 0 Å². The summed E-state index contributed by atoms with van der Waals surface area (Å²) in [4.78, 5) is 0. The maximum atomic E-state index is 10.7. The fourth-order valence-electron chi connectivity index (χ4n) is 1.25. The lowest BCUT2D eigenvalue weighted by Gasteiger charge is -2.16. The molecule has 0 saturated heterocycles. The summed E-state index contributed by atoms with van der Waals surface area (Å²) in [6.45, 7) is 5.52. The highest BCUT2D eigenvalue weighted by molar-refractivity contribution is 7.86. The molecule has 13 heavy (non-hydrogen) atoms. The first-order chi connectivity index (χ1) is 5.73. The third-order valence-corrected chi connectivity index (χ3v) is 3.13. The van der Waals surface area contributed by atoms with Crippen molar-refractivity contribution in [3.63, 3.8) is 0 Å². The van der Waals surface area contributed by atoms with Crippen molar-refractivity contribution in [2.45, 2.75) is 44.9 Å². The zero-order chi connectivity index (χ0) is 10.6. The minimum atomic E-state index is -3.91. The minimum Gasteiger partial charge on any atom is -0.328 e. The summed E-state index contributed by atoms with van der Waals surface area (Å²) in [6, 6.07) is -0.156. The first-order valence-corrected chi connectivity index (χ1v) is 5.95. The van der Waals surface area contributed by atoms with E-state index < -0.39 is 15.4 Å². The monoisotopic (exact) mass is 209 g/mol. The molecule has 2 unspecified atom stereocenters. The molecule has 80 valence electrons. The first-order valence-electron chi connectivity index (χ1n) is 4.45. The quantitative estimate of drug-likeness (QED) is 0.663. The molecule has 4 nitrogen and oxygen atoms in total. The van der Waals surface area contributed by atoms with Crippen LogP contribution in [0.1, 0.15) is 33.6 Å². The second kappa shape index (κ2) is 4.93. The molecule has 0 fully saturated rings. The predicted octanol–water partition coefficient (Wildman–Crippen LogP) is 1.03. The molecule has 0 radical (unpaired) electrons. The number of rotatable bonds is 5. The van der Waals surface area contributed by atoms with E-state index in [4.69, 9.17) is 10.3 Å². The van der Waals surface area contributed by atoms with Gasteiger partial charge in [0, 0.05) is 6.04 Å². The molecule has 0 heterocycles. The highest BCUT2D eigenvalue weighted by Gasteiger charge is 2.20. The zero-order valence-corrected chi connectivity index (χ0v) is 9.21. The van der Waals surface area contributed by atoms with E-state index in [2.05, 4.69) is 0 Å². The number of hydrogen-bond acceptors (Lipinski definition) is 3. The highest BCUT2D eigenvalue weighted by Crippen LogP contribution is 2.11.